The fourth-order valence-corrected chi connectivity index (χ4v) is 4.00. The minimum Gasteiger partial charge on any atom is -0.507 e. The quantitative estimate of drug-likeness (QED) is 0.652. The second kappa shape index (κ2) is 8.86. The fraction of sp³-hybridized carbons (Fsp3) is 0.708. The van der Waals surface area contributed by atoms with Crippen LogP contribution in [0.4, 0.5) is 0 Å². The summed E-state index contributed by atoms with van der Waals surface area (Å²) >= 11 is 0. The molecule has 1 aliphatic rings. The van der Waals surface area contributed by atoms with E-state index in [4.69, 9.17) is 4.74 Å². The zero-order chi connectivity index (χ0) is 21.1. The van der Waals surface area contributed by atoms with Crippen LogP contribution in [0.3, 0.4) is 0 Å². The molecule has 0 heterocycles. The molecule has 0 spiro atoms. The lowest BCUT2D eigenvalue weighted by molar-refractivity contribution is -0.146. The Labute approximate surface area is 171 Å². The second-order valence-corrected chi connectivity index (χ2v) is 10.2. The summed E-state index contributed by atoms with van der Waals surface area (Å²) in [5, 5.41) is 14.6. The molecular weight excluding hydrogens is 350 g/mol. The molecule has 1 saturated carbocycles. The zero-order valence-electron chi connectivity index (χ0n) is 18.8. The van der Waals surface area contributed by atoms with E-state index in [1.54, 1.807) is 0 Å². The van der Waals surface area contributed by atoms with Gasteiger partial charge in [-0.25, -0.2) is 4.79 Å². The molecule has 28 heavy (non-hydrogen) atoms. The van der Waals surface area contributed by atoms with Gasteiger partial charge in [-0.2, -0.15) is 0 Å². The van der Waals surface area contributed by atoms with Crippen molar-refractivity contribution in [2.75, 3.05) is 6.61 Å². The number of phenolic OH excluding ortho intramolecular Hbond substituents is 1. The molecule has 1 fully saturated rings. The molecule has 0 bridgehead atoms. The minimum absolute atomic E-state index is 0.232. The number of carbonyl (C=O) groups excluding carboxylic acids is 1. The predicted octanol–water partition coefficient (Wildman–Crippen LogP) is 5.51. The highest BCUT2D eigenvalue weighted by Crippen LogP contribution is 2.41. The summed E-state index contributed by atoms with van der Waals surface area (Å²) in [6.07, 6.45) is 5.84. The van der Waals surface area contributed by atoms with Crippen molar-refractivity contribution < 1.29 is 14.6 Å². The van der Waals surface area contributed by atoms with Crippen LogP contribution in [-0.4, -0.2) is 23.7 Å². The van der Waals surface area contributed by atoms with Crippen LogP contribution in [0.1, 0.15) is 103 Å². The molecule has 2 rings (SSSR count). The summed E-state index contributed by atoms with van der Waals surface area (Å²) in [7, 11) is 0. The lowest BCUT2D eigenvalue weighted by atomic mass is 9.77. The molecule has 1 aromatic carbocycles. The number of aromatic hydroxyl groups is 1. The molecule has 0 radical (unpaired) electrons. The molecule has 0 aliphatic heterocycles. The van der Waals surface area contributed by atoms with Crippen molar-refractivity contribution in [3.05, 3.63) is 28.8 Å². The highest BCUT2D eigenvalue weighted by molar-refractivity contribution is 5.78. The average molecular weight is 390 g/mol. The molecule has 0 aromatic heterocycles. The molecule has 1 atom stereocenters. The van der Waals surface area contributed by atoms with E-state index in [9.17, 15) is 9.90 Å². The third-order valence-electron chi connectivity index (χ3n) is 5.61. The van der Waals surface area contributed by atoms with Crippen molar-refractivity contribution in [2.45, 2.75) is 103 Å². The average Bonchev–Trinajstić information content (AvgIpc) is 2.59. The molecule has 0 saturated heterocycles. The first kappa shape index (κ1) is 22.7. The van der Waals surface area contributed by atoms with Crippen molar-refractivity contribution in [3.63, 3.8) is 0 Å². The summed E-state index contributed by atoms with van der Waals surface area (Å²) < 4.78 is 5.42. The summed E-state index contributed by atoms with van der Waals surface area (Å²) in [5.41, 5.74) is 2.16. The Hall–Kier alpha value is -1.55. The van der Waals surface area contributed by atoms with E-state index in [2.05, 4.69) is 46.9 Å². The Balaban J connectivity index is 2.55. The Bertz CT molecular complexity index is 641. The number of hydrogen-bond donors (Lipinski definition) is 2. The van der Waals surface area contributed by atoms with Crippen molar-refractivity contribution >= 4 is 5.97 Å². The molecule has 0 amide bonds. The van der Waals surface area contributed by atoms with Gasteiger partial charge in [0.2, 0.25) is 0 Å². The van der Waals surface area contributed by atoms with E-state index in [1.165, 1.54) is 19.3 Å². The van der Waals surface area contributed by atoms with Crippen molar-refractivity contribution in [1.82, 2.24) is 5.32 Å². The third-order valence-corrected chi connectivity index (χ3v) is 5.61. The molecule has 1 aromatic rings. The van der Waals surface area contributed by atoms with Crippen LogP contribution in [0.25, 0.3) is 0 Å². The fourth-order valence-electron chi connectivity index (χ4n) is 4.00. The molecule has 2 N–H and O–H groups in total. The van der Waals surface area contributed by atoms with E-state index < -0.39 is 6.04 Å². The van der Waals surface area contributed by atoms with Gasteiger partial charge in [0.1, 0.15) is 11.8 Å². The van der Waals surface area contributed by atoms with E-state index in [0.717, 1.165) is 29.5 Å². The van der Waals surface area contributed by atoms with Crippen molar-refractivity contribution in [2.24, 2.45) is 0 Å². The molecular formula is C24H39NO3. The van der Waals surface area contributed by atoms with Gasteiger partial charge in [-0.1, -0.05) is 60.8 Å². The largest absolute Gasteiger partial charge is 0.507 e. The number of hydrogen-bond acceptors (Lipinski definition) is 4. The summed E-state index contributed by atoms with van der Waals surface area (Å²) in [6.45, 7) is 14.7. The van der Waals surface area contributed by atoms with Gasteiger partial charge in [0, 0.05) is 6.04 Å². The number of esters is 1. The SMILES string of the molecule is CCOC(=O)C(NC1CCCCC1)c1cc(C(C)(C)C)c(O)c(C(C)(C)C)c1. The van der Waals surface area contributed by atoms with Crippen molar-refractivity contribution in [3.8, 4) is 5.75 Å². The minimum atomic E-state index is -0.508. The van der Waals surface area contributed by atoms with Gasteiger partial charge in [0.25, 0.3) is 0 Å². The molecule has 1 unspecified atom stereocenters. The normalized spacial score (nSPS) is 17.4. The van der Waals surface area contributed by atoms with E-state index in [-0.39, 0.29) is 16.8 Å². The van der Waals surface area contributed by atoms with Gasteiger partial charge in [-0.15, -0.1) is 0 Å². The maximum Gasteiger partial charge on any atom is 0.327 e. The maximum absolute atomic E-state index is 12.9. The number of rotatable bonds is 5. The second-order valence-electron chi connectivity index (χ2n) is 10.2. The maximum atomic E-state index is 12.9. The van der Waals surface area contributed by atoms with Gasteiger partial charge in [-0.05, 0) is 59.4 Å². The number of ether oxygens (including phenoxy) is 1. The highest BCUT2D eigenvalue weighted by atomic mass is 16.5. The van der Waals surface area contributed by atoms with Crippen LogP contribution in [0.2, 0.25) is 0 Å². The Kier molecular flexibility index (Phi) is 7.19. The molecule has 4 nitrogen and oxygen atoms in total. The lowest BCUT2D eigenvalue weighted by Crippen LogP contribution is -2.39. The first-order chi connectivity index (χ1) is 12.9. The summed E-state index contributed by atoms with van der Waals surface area (Å²) in [4.78, 5) is 12.9. The van der Waals surface area contributed by atoms with E-state index >= 15 is 0 Å². The van der Waals surface area contributed by atoms with Crippen molar-refractivity contribution in [1.29, 1.82) is 0 Å². The smallest absolute Gasteiger partial charge is 0.327 e. The van der Waals surface area contributed by atoms with Crippen LogP contribution < -0.4 is 5.32 Å². The van der Waals surface area contributed by atoms with Crippen LogP contribution in [-0.2, 0) is 20.4 Å². The monoisotopic (exact) mass is 389 g/mol. The van der Waals surface area contributed by atoms with Crippen LogP contribution in [0.15, 0.2) is 12.1 Å². The third kappa shape index (κ3) is 5.50. The molecule has 1 aliphatic carbocycles. The molecule has 4 heteroatoms. The standard InChI is InChI=1S/C24H39NO3/c1-8-28-22(27)20(25-17-12-10-9-11-13-17)16-14-18(23(2,3)4)21(26)19(15-16)24(5,6)7/h14-15,17,20,25-26H,8-13H2,1-7H3. The van der Waals surface area contributed by atoms with Crippen LogP contribution >= 0.6 is 0 Å². The van der Waals surface area contributed by atoms with Gasteiger partial charge < -0.3 is 9.84 Å². The molecule has 158 valence electrons. The first-order valence-electron chi connectivity index (χ1n) is 10.8. The van der Waals surface area contributed by atoms with Gasteiger partial charge in [-0.3, -0.25) is 5.32 Å². The Morgan fingerprint density at radius 2 is 1.57 bits per heavy atom. The Morgan fingerprint density at radius 1 is 1.07 bits per heavy atom. The Morgan fingerprint density at radius 3 is 2.00 bits per heavy atom. The van der Waals surface area contributed by atoms with Crippen LogP contribution in [0.5, 0.6) is 5.75 Å². The number of benzene rings is 1. The number of nitrogens with one attached hydrogen (secondary N) is 1. The number of phenols is 1. The highest BCUT2D eigenvalue weighted by Gasteiger charge is 2.32. The zero-order valence-corrected chi connectivity index (χ0v) is 18.8. The van der Waals surface area contributed by atoms with Gasteiger partial charge >= 0.3 is 5.97 Å². The first-order valence-corrected chi connectivity index (χ1v) is 10.8. The van der Waals surface area contributed by atoms with Crippen LogP contribution in [0, 0.1) is 0 Å². The van der Waals surface area contributed by atoms with E-state index in [0.29, 0.717) is 18.4 Å². The van der Waals surface area contributed by atoms with Gasteiger partial charge in [0.15, 0.2) is 0 Å². The predicted molar refractivity (Wildman–Crippen MR) is 115 cm³/mol. The summed E-state index contributed by atoms with van der Waals surface area (Å²) in [6, 6.07) is 3.79. The lowest BCUT2D eigenvalue weighted by Gasteiger charge is -2.31. The van der Waals surface area contributed by atoms with E-state index in [1.807, 2.05) is 19.1 Å². The summed E-state index contributed by atoms with van der Waals surface area (Å²) in [5.74, 6) is 0.0995. The topological polar surface area (TPSA) is 58.6 Å². The number of carbonyl (C=O) groups is 1. The van der Waals surface area contributed by atoms with Gasteiger partial charge in [0.05, 0.1) is 6.61 Å².